The lowest BCUT2D eigenvalue weighted by Crippen LogP contribution is -2.41. The van der Waals surface area contributed by atoms with Crippen LogP contribution in [0.15, 0.2) is 24.3 Å². The number of hydrogen-bond donors (Lipinski definition) is 3. The minimum atomic E-state index is -0.889. The van der Waals surface area contributed by atoms with Crippen molar-refractivity contribution < 1.29 is 14.7 Å². The average Bonchev–Trinajstić information content (AvgIpc) is 2.35. The van der Waals surface area contributed by atoms with Crippen LogP contribution in [-0.2, 0) is 22.6 Å². The van der Waals surface area contributed by atoms with Gasteiger partial charge in [-0.05, 0) is 23.5 Å². The van der Waals surface area contributed by atoms with Gasteiger partial charge in [-0.2, -0.15) is 0 Å². The van der Waals surface area contributed by atoms with Gasteiger partial charge in [-0.25, -0.2) is 0 Å². The van der Waals surface area contributed by atoms with E-state index in [4.69, 9.17) is 10.8 Å². The van der Waals surface area contributed by atoms with E-state index in [0.717, 1.165) is 5.56 Å². The zero-order valence-corrected chi connectivity index (χ0v) is 11.9. The largest absolute Gasteiger partial charge is 0.481 e. The monoisotopic (exact) mass is 278 g/mol. The summed E-state index contributed by atoms with van der Waals surface area (Å²) in [6, 6.07) is 6.65. The quantitative estimate of drug-likeness (QED) is 0.701. The molecule has 1 amide bonds. The Morgan fingerprint density at radius 1 is 1.25 bits per heavy atom. The molecule has 110 valence electrons. The van der Waals surface area contributed by atoms with E-state index < -0.39 is 12.0 Å². The van der Waals surface area contributed by atoms with Crippen LogP contribution in [0.25, 0.3) is 0 Å². The Bertz CT molecular complexity index is 472. The van der Waals surface area contributed by atoms with Crippen molar-refractivity contribution in [1.82, 2.24) is 5.32 Å². The summed E-state index contributed by atoms with van der Waals surface area (Å²) in [5, 5.41) is 11.6. The first-order chi connectivity index (χ1) is 9.40. The Hall–Kier alpha value is -1.88. The molecule has 1 rings (SSSR count). The van der Waals surface area contributed by atoms with Crippen molar-refractivity contribution in [3.8, 4) is 0 Å². The van der Waals surface area contributed by atoms with Gasteiger partial charge >= 0.3 is 5.97 Å². The highest BCUT2D eigenvalue weighted by Gasteiger charge is 2.15. The van der Waals surface area contributed by atoms with Gasteiger partial charge in [0.1, 0.15) is 0 Å². The van der Waals surface area contributed by atoms with Crippen LogP contribution in [0.2, 0.25) is 0 Å². The standard InChI is InChI=1S/C15H22N2O3/c1-10(2)7-13(16)15(20)17-9-12-6-4-3-5-11(12)8-14(18)19/h3-6,10,13H,7-9,16H2,1-2H3,(H,17,20)(H,18,19)/t13-/m1/s1. The fourth-order valence-electron chi connectivity index (χ4n) is 1.99. The molecule has 0 aliphatic heterocycles. The van der Waals surface area contributed by atoms with Crippen LogP contribution in [0.4, 0.5) is 0 Å². The third-order valence-corrected chi connectivity index (χ3v) is 2.98. The Morgan fingerprint density at radius 3 is 2.40 bits per heavy atom. The molecule has 0 bridgehead atoms. The van der Waals surface area contributed by atoms with Crippen molar-refractivity contribution in [2.45, 2.75) is 39.3 Å². The smallest absolute Gasteiger partial charge is 0.307 e. The molecule has 4 N–H and O–H groups in total. The van der Waals surface area contributed by atoms with Crippen LogP contribution in [0.5, 0.6) is 0 Å². The predicted octanol–water partition coefficient (Wildman–Crippen LogP) is 1.30. The van der Waals surface area contributed by atoms with E-state index in [1.807, 2.05) is 26.0 Å². The summed E-state index contributed by atoms with van der Waals surface area (Å²) in [4.78, 5) is 22.6. The third kappa shape index (κ3) is 5.40. The molecule has 0 heterocycles. The number of carboxylic acid groups (broad SMARTS) is 1. The molecule has 0 aromatic heterocycles. The molecule has 0 saturated heterocycles. The fraction of sp³-hybridized carbons (Fsp3) is 0.467. The highest BCUT2D eigenvalue weighted by molar-refractivity contribution is 5.81. The number of amides is 1. The van der Waals surface area contributed by atoms with Gasteiger partial charge in [0.2, 0.25) is 5.91 Å². The number of hydrogen-bond acceptors (Lipinski definition) is 3. The summed E-state index contributed by atoms with van der Waals surface area (Å²) < 4.78 is 0. The number of benzene rings is 1. The second-order valence-electron chi connectivity index (χ2n) is 5.29. The molecular formula is C15H22N2O3. The van der Waals surface area contributed by atoms with Gasteiger partial charge in [-0.3, -0.25) is 9.59 Å². The Kier molecular flexibility index (Phi) is 6.18. The summed E-state index contributed by atoms with van der Waals surface area (Å²) in [6.07, 6.45) is 0.576. The summed E-state index contributed by atoms with van der Waals surface area (Å²) >= 11 is 0. The van der Waals surface area contributed by atoms with Crippen LogP contribution in [0.3, 0.4) is 0 Å². The zero-order valence-electron chi connectivity index (χ0n) is 11.9. The molecule has 0 spiro atoms. The van der Waals surface area contributed by atoms with E-state index in [-0.39, 0.29) is 12.3 Å². The first kappa shape index (κ1) is 16.2. The van der Waals surface area contributed by atoms with Crippen molar-refractivity contribution in [2.75, 3.05) is 0 Å². The third-order valence-electron chi connectivity index (χ3n) is 2.98. The van der Waals surface area contributed by atoms with E-state index in [9.17, 15) is 9.59 Å². The molecule has 1 atom stereocenters. The van der Waals surface area contributed by atoms with Gasteiger partial charge < -0.3 is 16.2 Å². The summed E-state index contributed by atoms with van der Waals surface area (Å²) in [5.74, 6) is -0.737. The molecule has 20 heavy (non-hydrogen) atoms. The van der Waals surface area contributed by atoms with Crippen molar-refractivity contribution >= 4 is 11.9 Å². The number of rotatable bonds is 7. The maximum absolute atomic E-state index is 11.8. The molecular weight excluding hydrogens is 256 g/mol. The Labute approximate surface area is 119 Å². The molecule has 1 aromatic rings. The number of nitrogens with one attached hydrogen (secondary N) is 1. The van der Waals surface area contributed by atoms with Gasteiger partial charge in [-0.1, -0.05) is 38.1 Å². The first-order valence-electron chi connectivity index (χ1n) is 6.72. The maximum Gasteiger partial charge on any atom is 0.307 e. The number of carbonyl (C=O) groups is 2. The minimum absolute atomic E-state index is 0.0515. The average molecular weight is 278 g/mol. The van der Waals surface area contributed by atoms with Crippen LogP contribution >= 0.6 is 0 Å². The SMILES string of the molecule is CC(C)C[C@@H](N)C(=O)NCc1ccccc1CC(=O)O. The molecule has 5 nitrogen and oxygen atoms in total. The summed E-state index contributed by atoms with van der Waals surface area (Å²) in [6.45, 7) is 4.32. The second-order valence-corrected chi connectivity index (χ2v) is 5.29. The van der Waals surface area contributed by atoms with Gasteiger partial charge in [-0.15, -0.1) is 0 Å². The predicted molar refractivity (Wildman–Crippen MR) is 77.1 cm³/mol. The highest BCUT2D eigenvalue weighted by atomic mass is 16.4. The number of aliphatic carboxylic acids is 1. The lowest BCUT2D eigenvalue weighted by atomic mass is 10.0. The molecule has 0 unspecified atom stereocenters. The lowest BCUT2D eigenvalue weighted by molar-refractivity contribution is -0.136. The first-order valence-corrected chi connectivity index (χ1v) is 6.72. The second kappa shape index (κ2) is 7.65. The van der Waals surface area contributed by atoms with Crippen molar-refractivity contribution in [2.24, 2.45) is 11.7 Å². The van der Waals surface area contributed by atoms with Gasteiger partial charge in [0.25, 0.3) is 0 Å². The zero-order chi connectivity index (χ0) is 15.1. The number of carbonyl (C=O) groups excluding carboxylic acids is 1. The summed E-state index contributed by atoms with van der Waals surface area (Å²) in [7, 11) is 0. The maximum atomic E-state index is 11.8. The fourth-order valence-corrected chi connectivity index (χ4v) is 1.99. The molecule has 5 heteroatoms. The summed E-state index contributed by atoms with van der Waals surface area (Å²) in [5.41, 5.74) is 7.31. The highest BCUT2D eigenvalue weighted by Crippen LogP contribution is 2.10. The van der Waals surface area contributed by atoms with Crippen molar-refractivity contribution in [3.05, 3.63) is 35.4 Å². The molecule has 0 radical (unpaired) electrons. The lowest BCUT2D eigenvalue weighted by Gasteiger charge is -2.15. The van der Waals surface area contributed by atoms with Gasteiger partial charge in [0.05, 0.1) is 12.5 Å². The number of carboxylic acids is 1. The van der Waals surface area contributed by atoms with Crippen LogP contribution in [0, 0.1) is 5.92 Å². The van der Waals surface area contributed by atoms with Crippen LogP contribution < -0.4 is 11.1 Å². The van der Waals surface area contributed by atoms with Crippen LogP contribution in [-0.4, -0.2) is 23.0 Å². The van der Waals surface area contributed by atoms with E-state index in [1.165, 1.54) is 0 Å². The molecule has 0 saturated carbocycles. The van der Waals surface area contributed by atoms with Gasteiger partial charge in [0, 0.05) is 6.54 Å². The van der Waals surface area contributed by atoms with Crippen LogP contribution in [0.1, 0.15) is 31.4 Å². The van der Waals surface area contributed by atoms with E-state index >= 15 is 0 Å². The topological polar surface area (TPSA) is 92.4 Å². The molecule has 0 fully saturated rings. The van der Waals surface area contributed by atoms with Crippen molar-refractivity contribution in [1.29, 1.82) is 0 Å². The van der Waals surface area contributed by atoms with Gasteiger partial charge in [0.15, 0.2) is 0 Å². The van der Waals surface area contributed by atoms with E-state index in [1.54, 1.807) is 12.1 Å². The Balaban J connectivity index is 2.61. The Morgan fingerprint density at radius 2 is 1.85 bits per heavy atom. The molecule has 0 aliphatic carbocycles. The molecule has 1 aromatic carbocycles. The van der Waals surface area contributed by atoms with E-state index in [0.29, 0.717) is 24.4 Å². The van der Waals surface area contributed by atoms with Crippen molar-refractivity contribution in [3.63, 3.8) is 0 Å². The normalized spacial score (nSPS) is 12.2. The van der Waals surface area contributed by atoms with E-state index in [2.05, 4.69) is 5.32 Å². The molecule has 0 aliphatic rings. The number of nitrogens with two attached hydrogens (primary N) is 1. The minimum Gasteiger partial charge on any atom is -0.481 e.